The van der Waals surface area contributed by atoms with Crippen LogP contribution in [0, 0.1) is 5.41 Å². The highest BCUT2D eigenvalue weighted by atomic mass is 32.2. The van der Waals surface area contributed by atoms with E-state index < -0.39 is 10.0 Å². The molecule has 0 amide bonds. The molecule has 0 radical (unpaired) electrons. The molecule has 0 heterocycles. The number of nitrogens with one attached hydrogen (secondary N) is 1. The molecule has 0 saturated heterocycles. The van der Waals surface area contributed by atoms with Crippen LogP contribution in [0.5, 0.6) is 5.75 Å². The van der Waals surface area contributed by atoms with Gasteiger partial charge in [-0.3, -0.25) is 5.41 Å². The number of hydrogen-bond acceptors (Lipinski definition) is 4. The number of hydrogen-bond donors (Lipinski definition) is 3. The van der Waals surface area contributed by atoms with E-state index in [4.69, 9.17) is 21.0 Å². The molecule has 6 nitrogen and oxygen atoms in total. The summed E-state index contributed by atoms with van der Waals surface area (Å²) in [6.07, 6.45) is 0. The fourth-order valence-corrected chi connectivity index (χ4v) is 4.14. The summed E-state index contributed by atoms with van der Waals surface area (Å²) < 4.78 is 29.6. The van der Waals surface area contributed by atoms with Crippen molar-refractivity contribution in [3.8, 4) is 16.9 Å². The van der Waals surface area contributed by atoms with Crippen LogP contribution in [0.1, 0.15) is 11.1 Å². The minimum Gasteiger partial charge on any atom is -0.489 e. The topological polar surface area (TPSA) is 119 Å². The molecule has 0 aromatic heterocycles. The van der Waals surface area contributed by atoms with Crippen LogP contribution < -0.4 is 15.6 Å². The van der Waals surface area contributed by atoms with E-state index in [0.29, 0.717) is 23.5 Å². The molecule has 4 rings (SSSR count). The normalized spacial score (nSPS) is 11.4. The molecular formula is C24H21N3O3S. The number of rotatable bonds is 6. The summed E-state index contributed by atoms with van der Waals surface area (Å²) in [5.74, 6) is 0.731. The molecule has 0 aliphatic rings. The molecule has 0 aliphatic carbocycles. The fourth-order valence-electron chi connectivity index (χ4n) is 3.38. The molecule has 0 fully saturated rings. The van der Waals surface area contributed by atoms with Gasteiger partial charge in [-0.1, -0.05) is 60.7 Å². The van der Waals surface area contributed by atoms with Crippen LogP contribution in [0.3, 0.4) is 0 Å². The van der Waals surface area contributed by atoms with E-state index in [9.17, 15) is 8.42 Å². The monoisotopic (exact) mass is 431 g/mol. The standard InChI is InChI=1S/C24H21N3O3S/c25-24(26)19-10-9-17-11-12-21(14-20(17)13-19)30-15-16-5-7-18(8-6-16)22-3-1-2-4-23(22)31(27,28)29/h1-14H,15H2,(H3,25,26)(H2,27,28,29). The van der Waals surface area contributed by atoms with Crippen molar-refractivity contribution in [3.05, 3.63) is 96.1 Å². The Morgan fingerprint density at radius 3 is 2.29 bits per heavy atom. The Morgan fingerprint density at radius 1 is 0.871 bits per heavy atom. The van der Waals surface area contributed by atoms with E-state index in [1.54, 1.807) is 18.2 Å². The summed E-state index contributed by atoms with van der Waals surface area (Å²) in [5.41, 5.74) is 8.51. The van der Waals surface area contributed by atoms with E-state index in [1.807, 2.05) is 60.7 Å². The first-order chi connectivity index (χ1) is 14.8. The maximum Gasteiger partial charge on any atom is 0.238 e. The van der Waals surface area contributed by atoms with Crippen molar-refractivity contribution in [2.45, 2.75) is 11.5 Å². The first-order valence-corrected chi connectivity index (χ1v) is 11.1. The van der Waals surface area contributed by atoms with Gasteiger partial charge in [0.15, 0.2) is 0 Å². The summed E-state index contributed by atoms with van der Waals surface area (Å²) in [6, 6.07) is 25.5. The van der Waals surface area contributed by atoms with E-state index in [0.717, 1.165) is 21.9 Å². The highest BCUT2D eigenvalue weighted by Crippen LogP contribution is 2.27. The van der Waals surface area contributed by atoms with Crippen molar-refractivity contribution in [1.82, 2.24) is 0 Å². The molecule has 0 aliphatic heterocycles. The van der Waals surface area contributed by atoms with Crippen molar-refractivity contribution in [2.24, 2.45) is 10.9 Å². The Bertz CT molecular complexity index is 1380. The lowest BCUT2D eigenvalue weighted by Crippen LogP contribution is -2.13. The maximum atomic E-state index is 11.8. The number of amidine groups is 1. The Kier molecular flexibility index (Phi) is 5.46. The first-order valence-electron chi connectivity index (χ1n) is 9.53. The second kappa shape index (κ2) is 8.22. The van der Waals surface area contributed by atoms with Gasteiger partial charge < -0.3 is 10.5 Å². The van der Waals surface area contributed by atoms with Gasteiger partial charge in [0.25, 0.3) is 0 Å². The highest BCUT2D eigenvalue weighted by molar-refractivity contribution is 7.89. The number of sulfonamides is 1. The predicted molar refractivity (Wildman–Crippen MR) is 123 cm³/mol. The quantitative estimate of drug-likeness (QED) is 0.315. The lowest BCUT2D eigenvalue weighted by molar-refractivity contribution is 0.306. The third kappa shape index (κ3) is 4.58. The summed E-state index contributed by atoms with van der Waals surface area (Å²) in [5, 5.41) is 14.9. The predicted octanol–water partition coefficient (Wildman–Crippen LogP) is 4.02. The Hall–Kier alpha value is -3.68. The molecule has 0 saturated carbocycles. The molecular weight excluding hydrogens is 410 g/mol. The molecule has 5 N–H and O–H groups in total. The van der Waals surface area contributed by atoms with Gasteiger partial charge in [-0.2, -0.15) is 0 Å². The molecule has 4 aromatic carbocycles. The minimum absolute atomic E-state index is 0.0253. The van der Waals surface area contributed by atoms with Crippen LogP contribution in [0.25, 0.3) is 21.9 Å². The van der Waals surface area contributed by atoms with Crippen LogP contribution in [-0.2, 0) is 16.6 Å². The van der Waals surface area contributed by atoms with E-state index in [2.05, 4.69) is 0 Å². The summed E-state index contributed by atoms with van der Waals surface area (Å²) in [4.78, 5) is 0.0973. The van der Waals surface area contributed by atoms with Crippen LogP contribution in [0.2, 0.25) is 0 Å². The zero-order valence-electron chi connectivity index (χ0n) is 16.6. The SMILES string of the molecule is N=C(N)c1ccc2ccc(OCc3ccc(-c4ccccc4S(N)(=O)=O)cc3)cc2c1. The molecule has 0 spiro atoms. The number of nitrogen functional groups attached to an aromatic ring is 1. The third-order valence-corrected chi connectivity index (χ3v) is 5.96. The zero-order chi connectivity index (χ0) is 22.0. The maximum absolute atomic E-state index is 11.8. The lowest BCUT2D eigenvalue weighted by Gasteiger charge is -2.10. The molecule has 4 aromatic rings. The number of nitrogens with two attached hydrogens (primary N) is 2. The van der Waals surface area contributed by atoms with E-state index in [1.165, 1.54) is 6.07 Å². The first kappa shape index (κ1) is 20.6. The average Bonchev–Trinajstić information content (AvgIpc) is 2.77. The second-order valence-corrected chi connectivity index (χ2v) is 8.69. The van der Waals surface area contributed by atoms with Gasteiger partial charge in [0.2, 0.25) is 10.0 Å². The molecule has 156 valence electrons. The van der Waals surface area contributed by atoms with Gasteiger partial charge >= 0.3 is 0 Å². The Labute approximate surface area is 180 Å². The van der Waals surface area contributed by atoms with Gasteiger partial charge in [0, 0.05) is 11.1 Å². The van der Waals surface area contributed by atoms with Crippen LogP contribution >= 0.6 is 0 Å². The number of primary sulfonamides is 1. The molecule has 0 unspecified atom stereocenters. The van der Waals surface area contributed by atoms with Gasteiger partial charge in [-0.15, -0.1) is 0 Å². The van der Waals surface area contributed by atoms with Gasteiger partial charge in [-0.25, -0.2) is 13.6 Å². The van der Waals surface area contributed by atoms with Gasteiger partial charge in [0.1, 0.15) is 18.2 Å². The number of benzene rings is 4. The Morgan fingerprint density at radius 2 is 1.58 bits per heavy atom. The van der Waals surface area contributed by atoms with Gasteiger partial charge in [-0.05, 0) is 46.2 Å². The zero-order valence-corrected chi connectivity index (χ0v) is 17.4. The minimum atomic E-state index is -3.81. The number of ether oxygens (including phenoxy) is 1. The van der Waals surface area contributed by atoms with Crippen LogP contribution in [0.4, 0.5) is 0 Å². The largest absolute Gasteiger partial charge is 0.489 e. The molecule has 31 heavy (non-hydrogen) atoms. The van der Waals surface area contributed by atoms with Crippen LogP contribution in [0.15, 0.2) is 89.8 Å². The molecule has 0 bridgehead atoms. The summed E-state index contributed by atoms with van der Waals surface area (Å²) in [7, 11) is -3.81. The Balaban J connectivity index is 1.52. The summed E-state index contributed by atoms with van der Waals surface area (Å²) >= 11 is 0. The second-order valence-electron chi connectivity index (χ2n) is 7.16. The van der Waals surface area contributed by atoms with Crippen molar-refractivity contribution < 1.29 is 13.2 Å². The highest BCUT2D eigenvalue weighted by Gasteiger charge is 2.14. The smallest absolute Gasteiger partial charge is 0.238 e. The lowest BCUT2D eigenvalue weighted by atomic mass is 10.0. The van der Waals surface area contributed by atoms with E-state index >= 15 is 0 Å². The molecule has 0 atom stereocenters. The molecule has 7 heteroatoms. The van der Waals surface area contributed by atoms with Crippen LogP contribution in [-0.4, -0.2) is 14.3 Å². The van der Waals surface area contributed by atoms with Gasteiger partial charge in [0.05, 0.1) is 4.90 Å². The van der Waals surface area contributed by atoms with Crippen molar-refractivity contribution in [1.29, 1.82) is 5.41 Å². The van der Waals surface area contributed by atoms with Crippen molar-refractivity contribution in [3.63, 3.8) is 0 Å². The third-order valence-electron chi connectivity index (χ3n) is 4.99. The van der Waals surface area contributed by atoms with Crippen molar-refractivity contribution >= 4 is 26.6 Å². The average molecular weight is 432 g/mol. The summed E-state index contributed by atoms with van der Waals surface area (Å²) in [6.45, 7) is 0.356. The van der Waals surface area contributed by atoms with E-state index in [-0.39, 0.29) is 10.7 Å². The number of fused-ring (bicyclic) bond motifs is 1. The van der Waals surface area contributed by atoms with Crippen molar-refractivity contribution in [2.75, 3.05) is 0 Å². The fraction of sp³-hybridized carbons (Fsp3) is 0.0417.